The SMILES string of the molecule is COc1ccc(C2NNCC2CN2CCCC2c2ccccc2OC)c(F)c1. The molecular weight excluding hydrogens is 357 g/mol. The summed E-state index contributed by atoms with van der Waals surface area (Å²) in [5.74, 6) is 1.53. The van der Waals surface area contributed by atoms with Gasteiger partial charge in [0.05, 0.1) is 20.3 Å². The monoisotopic (exact) mass is 385 g/mol. The van der Waals surface area contributed by atoms with Crippen molar-refractivity contribution in [3.63, 3.8) is 0 Å². The fourth-order valence-electron chi connectivity index (χ4n) is 4.56. The van der Waals surface area contributed by atoms with Crippen molar-refractivity contribution >= 4 is 0 Å². The summed E-state index contributed by atoms with van der Waals surface area (Å²) in [7, 11) is 3.28. The summed E-state index contributed by atoms with van der Waals surface area (Å²) in [6, 6.07) is 13.7. The molecule has 0 spiro atoms. The highest BCUT2D eigenvalue weighted by Gasteiger charge is 2.36. The molecule has 4 rings (SSSR count). The Bertz CT molecular complexity index is 816. The van der Waals surface area contributed by atoms with Gasteiger partial charge in [-0.2, -0.15) is 0 Å². The van der Waals surface area contributed by atoms with Gasteiger partial charge in [0.1, 0.15) is 17.3 Å². The normalized spacial score (nSPS) is 25.2. The van der Waals surface area contributed by atoms with E-state index < -0.39 is 0 Å². The minimum Gasteiger partial charge on any atom is -0.497 e. The van der Waals surface area contributed by atoms with E-state index in [2.05, 4.69) is 27.9 Å². The van der Waals surface area contributed by atoms with Gasteiger partial charge < -0.3 is 9.47 Å². The van der Waals surface area contributed by atoms with E-state index in [1.165, 1.54) is 11.6 Å². The number of para-hydroxylation sites is 1. The van der Waals surface area contributed by atoms with Crippen LogP contribution >= 0.6 is 0 Å². The van der Waals surface area contributed by atoms with E-state index in [-0.39, 0.29) is 17.8 Å². The summed E-state index contributed by atoms with van der Waals surface area (Å²) < 4.78 is 25.4. The first-order valence-electron chi connectivity index (χ1n) is 9.90. The molecule has 6 heteroatoms. The fraction of sp³-hybridized carbons (Fsp3) is 0.455. The lowest BCUT2D eigenvalue weighted by Crippen LogP contribution is -2.33. The predicted molar refractivity (Wildman–Crippen MR) is 107 cm³/mol. The van der Waals surface area contributed by atoms with Crippen molar-refractivity contribution in [3.8, 4) is 11.5 Å². The van der Waals surface area contributed by atoms with Crippen LogP contribution in [0.4, 0.5) is 4.39 Å². The predicted octanol–water partition coefficient (Wildman–Crippen LogP) is 3.45. The van der Waals surface area contributed by atoms with Crippen molar-refractivity contribution in [2.24, 2.45) is 5.92 Å². The molecule has 0 amide bonds. The van der Waals surface area contributed by atoms with Gasteiger partial charge in [-0.15, -0.1) is 0 Å². The number of hydrazine groups is 1. The molecule has 150 valence electrons. The Morgan fingerprint density at radius 1 is 1.11 bits per heavy atom. The first kappa shape index (κ1) is 19.2. The smallest absolute Gasteiger partial charge is 0.131 e. The van der Waals surface area contributed by atoms with Crippen molar-refractivity contribution in [2.75, 3.05) is 33.9 Å². The molecule has 5 nitrogen and oxygen atoms in total. The number of nitrogens with one attached hydrogen (secondary N) is 2. The molecule has 0 bridgehead atoms. The number of methoxy groups -OCH3 is 2. The zero-order valence-corrected chi connectivity index (χ0v) is 16.5. The minimum absolute atomic E-state index is 0.0650. The summed E-state index contributed by atoms with van der Waals surface area (Å²) in [6.45, 7) is 2.77. The summed E-state index contributed by atoms with van der Waals surface area (Å²) >= 11 is 0. The van der Waals surface area contributed by atoms with Gasteiger partial charge in [-0.25, -0.2) is 9.82 Å². The van der Waals surface area contributed by atoms with E-state index in [4.69, 9.17) is 9.47 Å². The average Bonchev–Trinajstić information content (AvgIpc) is 3.37. The Morgan fingerprint density at radius 2 is 1.96 bits per heavy atom. The molecule has 0 aromatic heterocycles. The van der Waals surface area contributed by atoms with Crippen molar-refractivity contribution in [1.29, 1.82) is 0 Å². The van der Waals surface area contributed by atoms with E-state index in [0.29, 0.717) is 17.4 Å². The van der Waals surface area contributed by atoms with Crippen molar-refractivity contribution in [2.45, 2.75) is 24.9 Å². The molecule has 28 heavy (non-hydrogen) atoms. The van der Waals surface area contributed by atoms with Crippen molar-refractivity contribution in [1.82, 2.24) is 15.8 Å². The molecule has 2 saturated heterocycles. The summed E-state index contributed by atoms with van der Waals surface area (Å²) in [6.07, 6.45) is 2.29. The minimum atomic E-state index is -0.228. The standard InChI is InChI=1S/C22H28FN3O2/c1-27-16-9-10-17(19(23)12-16)22-15(13-24-25-22)14-26-11-5-7-20(26)18-6-3-4-8-21(18)28-2/h3-4,6,8-10,12,15,20,22,24-25H,5,7,11,13-14H2,1-2H3. The zero-order valence-electron chi connectivity index (χ0n) is 16.5. The van der Waals surface area contributed by atoms with E-state index in [1.807, 2.05) is 24.3 Å². The quantitative estimate of drug-likeness (QED) is 0.798. The maximum atomic E-state index is 14.6. The molecule has 0 saturated carbocycles. The van der Waals surface area contributed by atoms with Crippen LogP contribution in [0.1, 0.15) is 36.1 Å². The average molecular weight is 385 g/mol. The van der Waals surface area contributed by atoms with E-state index in [0.717, 1.165) is 38.2 Å². The topological polar surface area (TPSA) is 45.8 Å². The van der Waals surface area contributed by atoms with Crippen LogP contribution in [0, 0.1) is 11.7 Å². The van der Waals surface area contributed by atoms with Gasteiger partial charge in [-0.3, -0.25) is 10.3 Å². The Morgan fingerprint density at radius 3 is 2.75 bits per heavy atom. The second kappa shape index (κ2) is 8.47. The van der Waals surface area contributed by atoms with E-state index in [9.17, 15) is 4.39 Å². The molecule has 3 atom stereocenters. The molecule has 2 fully saturated rings. The highest BCUT2D eigenvalue weighted by molar-refractivity contribution is 5.36. The number of hydrogen-bond donors (Lipinski definition) is 2. The zero-order chi connectivity index (χ0) is 19.5. The molecule has 2 aliphatic rings. The van der Waals surface area contributed by atoms with E-state index in [1.54, 1.807) is 14.2 Å². The van der Waals surface area contributed by atoms with Crippen LogP contribution in [0.15, 0.2) is 42.5 Å². The third-order valence-electron chi connectivity index (χ3n) is 5.97. The van der Waals surface area contributed by atoms with Gasteiger partial charge in [0.25, 0.3) is 0 Å². The van der Waals surface area contributed by atoms with E-state index >= 15 is 0 Å². The van der Waals surface area contributed by atoms with Crippen molar-refractivity contribution in [3.05, 3.63) is 59.4 Å². The number of rotatable bonds is 6. The van der Waals surface area contributed by atoms with Gasteiger partial charge in [-0.05, 0) is 31.5 Å². The lowest BCUT2D eigenvalue weighted by molar-refractivity contribution is 0.207. The molecule has 3 unspecified atom stereocenters. The number of hydrogen-bond acceptors (Lipinski definition) is 5. The summed E-state index contributed by atoms with van der Waals surface area (Å²) in [5, 5.41) is 0. The molecule has 2 aliphatic heterocycles. The highest BCUT2D eigenvalue weighted by atomic mass is 19.1. The van der Waals surface area contributed by atoms with Crippen LogP contribution < -0.4 is 20.3 Å². The maximum absolute atomic E-state index is 14.6. The van der Waals surface area contributed by atoms with Crippen LogP contribution in [-0.4, -0.2) is 38.8 Å². The lowest BCUT2D eigenvalue weighted by Gasteiger charge is -2.30. The second-order valence-electron chi connectivity index (χ2n) is 7.55. The second-order valence-corrected chi connectivity index (χ2v) is 7.55. The highest BCUT2D eigenvalue weighted by Crippen LogP contribution is 2.39. The molecule has 2 aromatic carbocycles. The van der Waals surface area contributed by atoms with Gasteiger partial charge in [0.2, 0.25) is 0 Å². The Balaban J connectivity index is 1.52. The van der Waals surface area contributed by atoms with Gasteiger partial charge in [0, 0.05) is 42.2 Å². The molecule has 0 aliphatic carbocycles. The molecule has 2 aromatic rings. The number of nitrogens with zero attached hydrogens (tertiary/aromatic N) is 1. The van der Waals surface area contributed by atoms with Crippen molar-refractivity contribution < 1.29 is 13.9 Å². The van der Waals surface area contributed by atoms with Crippen LogP contribution in [0.3, 0.4) is 0 Å². The van der Waals surface area contributed by atoms with Crippen LogP contribution in [0.2, 0.25) is 0 Å². The molecule has 2 heterocycles. The summed E-state index contributed by atoms with van der Waals surface area (Å²) in [4.78, 5) is 2.52. The number of ether oxygens (including phenoxy) is 2. The Labute approximate surface area is 165 Å². The molecular formula is C22H28FN3O2. The number of benzene rings is 2. The molecule has 0 radical (unpaired) electrons. The summed E-state index contributed by atoms with van der Waals surface area (Å²) in [5.41, 5.74) is 8.43. The largest absolute Gasteiger partial charge is 0.497 e. The third-order valence-corrected chi connectivity index (χ3v) is 5.97. The molecule has 2 N–H and O–H groups in total. The fourth-order valence-corrected chi connectivity index (χ4v) is 4.56. The van der Waals surface area contributed by atoms with Gasteiger partial charge in [0.15, 0.2) is 0 Å². The maximum Gasteiger partial charge on any atom is 0.131 e. The number of likely N-dealkylation sites (tertiary alicyclic amines) is 1. The third kappa shape index (κ3) is 3.72. The van der Waals surface area contributed by atoms with Crippen LogP contribution in [0.25, 0.3) is 0 Å². The van der Waals surface area contributed by atoms with Gasteiger partial charge >= 0.3 is 0 Å². The first-order valence-corrected chi connectivity index (χ1v) is 9.90. The lowest BCUT2D eigenvalue weighted by atomic mass is 9.93. The number of halogens is 1. The van der Waals surface area contributed by atoms with Gasteiger partial charge in [-0.1, -0.05) is 24.3 Å². The van der Waals surface area contributed by atoms with Crippen LogP contribution in [0.5, 0.6) is 11.5 Å². The Hall–Kier alpha value is -2.15. The first-order chi connectivity index (χ1) is 13.7. The van der Waals surface area contributed by atoms with Crippen LogP contribution in [-0.2, 0) is 0 Å². The Kier molecular flexibility index (Phi) is 5.80.